The van der Waals surface area contributed by atoms with Crippen molar-refractivity contribution in [1.29, 1.82) is 0 Å². The molecule has 3 fully saturated rings. The molecule has 0 heterocycles. The van der Waals surface area contributed by atoms with Crippen LogP contribution in [0.4, 0.5) is 0 Å². The van der Waals surface area contributed by atoms with E-state index in [2.05, 4.69) is 19.9 Å². The summed E-state index contributed by atoms with van der Waals surface area (Å²) in [6.45, 7) is 4.63. The number of rotatable bonds is 1. The second-order valence-corrected chi connectivity index (χ2v) is 9.00. The molecule has 4 aliphatic carbocycles. The molecule has 3 nitrogen and oxygen atoms in total. The van der Waals surface area contributed by atoms with E-state index in [-0.39, 0.29) is 23.4 Å². The maximum absolute atomic E-state index is 12.4. The van der Waals surface area contributed by atoms with Crippen LogP contribution in [0.5, 0.6) is 0 Å². The number of allylic oxidation sites excluding steroid dienone is 1. The van der Waals surface area contributed by atoms with E-state index in [0.717, 1.165) is 44.9 Å². The zero-order valence-electron chi connectivity index (χ0n) is 14.4. The van der Waals surface area contributed by atoms with Crippen LogP contribution in [0.15, 0.2) is 11.6 Å². The third kappa shape index (κ3) is 1.99. The van der Waals surface area contributed by atoms with Crippen molar-refractivity contribution in [3.63, 3.8) is 0 Å². The largest absolute Gasteiger partial charge is 0.396 e. The summed E-state index contributed by atoms with van der Waals surface area (Å²) in [6, 6.07) is 0. The zero-order valence-corrected chi connectivity index (χ0v) is 14.4. The quantitative estimate of drug-likeness (QED) is 0.731. The van der Waals surface area contributed by atoms with Crippen molar-refractivity contribution in [1.82, 2.24) is 0 Å². The van der Waals surface area contributed by atoms with Gasteiger partial charge in [0, 0.05) is 17.8 Å². The fourth-order valence-corrected chi connectivity index (χ4v) is 6.87. The summed E-state index contributed by atoms with van der Waals surface area (Å²) >= 11 is 0. The number of hydrogen-bond donors (Lipinski definition) is 2. The summed E-state index contributed by atoms with van der Waals surface area (Å²) in [6.07, 6.45) is 8.80. The van der Waals surface area contributed by atoms with E-state index in [1.807, 2.05) is 0 Å². The van der Waals surface area contributed by atoms with E-state index in [4.69, 9.17) is 0 Å². The summed E-state index contributed by atoms with van der Waals surface area (Å²) in [5, 5.41) is 20.1. The number of Topliss-reactive ketones (excluding diaryl/α,β-unsaturated/α-hetero) is 1. The Morgan fingerprint density at radius 1 is 1.13 bits per heavy atom. The van der Waals surface area contributed by atoms with Crippen molar-refractivity contribution in [3.8, 4) is 0 Å². The van der Waals surface area contributed by atoms with Crippen LogP contribution in [0.3, 0.4) is 0 Å². The highest BCUT2D eigenvalue weighted by atomic mass is 16.3. The number of hydrogen-bond acceptors (Lipinski definition) is 3. The minimum absolute atomic E-state index is 0.0552. The lowest BCUT2D eigenvalue weighted by molar-refractivity contribution is -0.132. The van der Waals surface area contributed by atoms with Crippen molar-refractivity contribution >= 4 is 5.78 Å². The molecule has 0 amide bonds. The van der Waals surface area contributed by atoms with Crippen LogP contribution in [-0.2, 0) is 4.79 Å². The molecule has 0 saturated heterocycles. The molecule has 0 aromatic rings. The second-order valence-electron chi connectivity index (χ2n) is 9.00. The number of aliphatic hydroxyl groups is 2. The van der Waals surface area contributed by atoms with Gasteiger partial charge in [0.15, 0.2) is 0 Å². The molecule has 3 saturated carbocycles. The van der Waals surface area contributed by atoms with Crippen LogP contribution >= 0.6 is 0 Å². The van der Waals surface area contributed by atoms with Crippen molar-refractivity contribution < 1.29 is 15.0 Å². The molecule has 23 heavy (non-hydrogen) atoms. The number of fused-ring (bicyclic) bond motifs is 5. The van der Waals surface area contributed by atoms with Crippen LogP contribution in [0.2, 0.25) is 0 Å². The van der Waals surface area contributed by atoms with E-state index >= 15 is 0 Å². The number of aliphatic hydroxyl groups excluding tert-OH is 2. The molecule has 0 aliphatic heterocycles. The first kappa shape index (κ1) is 15.8. The van der Waals surface area contributed by atoms with E-state index in [1.54, 1.807) is 0 Å². The van der Waals surface area contributed by atoms with Gasteiger partial charge in [0.2, 0.25) is 0 Å². The SMILES string of the molecule is C[C@]12CC[C@H](O)[C@H](CO)C1=CC[C@@H]1[C@@H]2CC[C@]2(C)C(=O)CC[C@@H]12. The van der Waals surface area contributed by atoms with Gasteiger partial charge in [0.1, 0.15) is 5.78 Å². The molecular weight excluding hydrogens is 288 g/mol. The Balaban J connectivity index is 1.71. The monoisotopic (exact) mass is 318 g/mol. The predicted octanol–water partition coefficient (Wildman–Crippen LogP) is 3.10. The third-order valence-electron chi connectivity index (χ3n) is 8.25. The highest BCUT2D eigenvalue weighted by molar-refractivity contribution is 5.87. The molecule has 3 heteroatoms. The Bertz CT molecular complexity index is 553. The zero-order chi connectivity index (χ0) is 16.4. The molecule has 4 rings (SSSR count). The van der Waals surface area contributed by atoms with Crippen LogP contribution in [0.1, 0.15) is 58.8 Å². The first-order valence-electron chi connectivity index (χ1n) is 9.44. The molecular formula is C20H30O3. The first-order valence-corrected chi connectivity index (χ1v) is 9.44. The lowest BCUT2D eigenvalue weighted by Gasteiger charge is -2.58. The summed E-state index contributed by atoms with van der Waals surface area (Å²) in [5.41, 5.74) is 1.35. The normalized spacial score (nSPS) is 52.4. The second kappa shape index (κ2) is 5.16. The Morgan fingerprint density at radius 3 is 2.57 bits per heavy atom. The molecule has 0 unspecified atom stereocenters. The van der Waals surface area contributed by atoms with Gasteiger partial charge in [-0.15, -0.1) is 0 Å². The number of ketones is 1. The predicted molar refractivity (Wildman–Crippen MR) is 88.7 cm³/mol. The number of carbonyl (C=O) groups excluding carboxylic acids is 1. The van der Waals surface area contributed by atoms with Crippen molar-refractivity contribution in [2.24, 2.45) is 34.5 Å². The van der Waals surface area contributed by atoms with Gasteiger partial charge in [-0.1, -0.05) is 25.5 Å². The highest BCUT2D eigenvalue weighted by Crippen LogP contribution is 2.64. The third-order valence-corrected chi connectivity index (χ3v) is 8.25. The summed E-state index contributed by atoms with van der Waals surface area (Å²) < 4.78 is 0. The smallest absolute Gasteiger partial charge is 0.139 e. The van der Waals surface area contributed by atoms with Crippen molar-refractivity contribution in [2.45, 2.75) is 64.9 Å². The molecule has 0 aromatic carbocycles. The molecule has 0 radical (unpaired) electrons. The van der Waals surface area contributed by atoms with Gasteiger partial charge in [0.05, 0.1) is 12.7 Å². The molecule has 2 N–H and O–H groups in total. The van der Waals surface area contributed by atoms with Gasteiger partial charge in [-0.25, -0.2) is 0 Å². The van der Waals surface area contributed by atoms with Gasteiger partial charge in [-0.05, 0) is 61.7 Å². The molecule has 4 aliphatic rings. The Labute approximate surface area is 139 Å². The maximum Gasteiger partial charge on any atom is 0.139 e. The average molecular weight is 318 g/mol. The fourth-order valence-electron chi connectivity index (χ4n) is 6.87. The lowest BCUT2D eigenvalue weighted by atomic mass is 9.47. The van der Waals surface area contributed by atoms with Crippen LogP contribution in [0, 0.1) is 34.5 Å². The molecule has 0 spiro atoms. The Kier molecular flexibility index (Phi) is 3.55. The maximum atomic E-state index is 12.4. The first-order chi connectivity index (χ1) is 10.9. The van der Waals surface area contributed by atoms with Crippen LogP contribution < -0.4 is 0 Å². The molecule has 128 valence electrons. The summed E-state index contributed by atoms with van der Waals surface area (Å²) in [4.78, 5) is 12.4. The Morgan fingerprint density at radius 2 is 1.83 bits per heavy atom. The summed E-state index contributed by atoms with van der Waals surface area (Å²) in [5.74, 6) is 2.20. The lowest BCUT2D eigenvalue weighted by Crippen LogP contribution is -2.52. The molecule has 7 atom stereocenters. The minimum Gasteiger partial charge on any atom is -0.396 e. The van der Waals surface area contributed by atoms with E-state index in [9.17, 15) is 15.0 Å². The Hall–Kier alpha value is -0.670. The minimum atomic E-state index is -0.391. The van der Waals surface area contributed by atoms with Crippen LogP contribution in [0.25, 0.3) is 0 Å². The van der Waals surface area contributed by atoms with Gasteiger partial charge in [0.25, 0.3) is 0 Å². The summed E-state index contributed by atoms with van der Waals surface area (Å²) in [7, 11) is 0. The van der Waals surface area contributed by atoms with Gasteiger partial charge in [-0.2, -0.15) is 0 Å². The van der Waals surface area contributed by atoms with Gasteiger partial charge >= 0.3 is 0 Å². The van der Waals surface area contributed by atoms with E-state index in [1.165, 1.54) is 5.57 Å². The van der Waals surface area contributed by atoms with Gasteiger partial charge < -0.3 is 10.2 Å². The molecule has 0 bridgehead atoms. The fraction of sp³-hybridized carbons (Fsp3) is 0.850. The van der Waals surface area contributed by atoms with Crippen molar-refractivity contribution in [3.05, 3.63) is 11.6 Å². The van der Waals surface area contributed by atoms with E-state index < -0.39 is 6.10 Å². The average Bonchev–Trinajstić information content (AvgIpc) is 2.83. The highest BCUT2D eigenvalue weighted by Gasteiger charge is 2.59. The molecule has 0 aromatic heterocycles. The van der Waals surface area contributed by atoms with E-state index in [0.29, 0.717) is 23.5 Å². The van der Waals surface area contributed by atoms with Crippen molar-refractivity contribution in [2.75, 3.05) is 6.61 Å². The van der Waals surface area contributed by atoms with Crippen LogP contribution in [-0.4, -0.2) is 28.7 Å². The standard InChI is InChI=1S/C20H30O3/c1-19-10-8-17(22)13(11-21)15(19)4-3-12-14-5-6-18(23)20(14,2)9-7-16(12)19/h4,12-14,16-17,21-22H,3,5-11H2,1-2H3/t12-,13+,14-,16-,17-,19-,20-/m0/s1. The van der Waals surface area contributed by atoms with Gasteiger partial charge in [-0.3, -0.25) is 4.79 Å². The topological polar surface area (TPSA) is 57.5 Å². The number of carbonyl (C=O) groups is 1.